The van der Waals surface area contributed by atoms with E-state index in [9.17, 15) is 13.5 Å². The zero-order valence-corrected chi connectivity index (χ0v) is 18.4. The van der Waals surface area contributed by atoms with E-state index in [0.29, 0.717) is 5.92 Å². The lowest BCUT2D eigenvalue weighted by Crippen LogP contribution is -2.80. The van der Waals surface area contributed by atoms with E-state index in [1.807, 2.05) is 0 Å². The number of hydrogen-bond acceptors (Lipinski definition) is 3. The molecule has 0 heterocycles. The summed E-state index contributed by atoms with van der Waals surface area (Å²) in [6.07, 6.45) is 14.9. The molecule has 4 rings (SSSR count). The van der Waals surface area contributed by atoms with Crippen molar-refractivity contribution in [3.8, 4) is 0 Å². The van der Waals surface area contributed by atoms with Gasteiger partial charge in [0.05, 0.1) is 6.26 Å². The Morgan fingerprint density at radius 1 is 0.852 bits per heavy atom. The zero-order chi connectivity index (χ0) is 19.5. The van der Waals surface area contributed by atoms with Crippen LogP contribution in [0.1, 0.15) is 97.3 Å². The summed E-state index contributed by atoms with van der Waals surface area (Å²) in [5, 5.41) is 11.5. The van der Waals surface area contributed by atoms with Crippen LogP contribution in [0.4, 0.5) is 0 Å². The first-order valence-corrected chi connectivity index (χ1v) is 13.3. The fourth-order valence-electron chi connectivity index (χ4n) is 8.48. The number of quaternary nitrogens is 1. The molecule has 3 unspecified atom stereocenters. The lowest BCUT2D eigenvalue weighted by Gasteiger charge is -2.62. The third kappa shape index (κ3) is 2.49. The van der Waals surface area contributed by atoms with Crippen LogP contribution in [0.5, 0.6) is 0 Å². The lowest BCUT2D eigenvalue weighted by atomic mass is 9.70. The zero-order valence-electron chi connectivity index (χ0n) is 17.6. The first-order valence-electron chi connectivity index (χ1n) is 11.5. The summed E-state index contributed by atoms with van der Waals surface area (Å²) in [6, 6.07) is 0.338. The third-order valence-electron chi connectivity index (χ3n) is 9.48. The van der Waals surface area contributed by atoms with Crippen LogP contribution in [0.3, 0.4) is 0 Å². The molecule has 3 atom stereocenters. The molecule has 27 heavy (non-hydrogen) atoms. The third-order valence-corrected chi connectivity index (χ3v) is 11.5. The molecule has 4 saturated carbocycles. The molecule has 0 aromatic heterocycles. The Balaban J connectivity index is 1.97. The maximum Gasteiger partial charge on any atom is 0.295 e. The van der Waals surface area contributed by atoms with E-state index < -0.39 is 21.7 Å². The van der Waals surface area contributed by atoms with Gasteiger partial charge in [-0.05, 0) is 44.4 Å². The summed E-state index contributed by atoms with van der Waals surface area (Å²) in [5.41, 5.74) is -0.639. The summed E-state index contributed by atoms with van der Waals surface area (Å²) >= 11 is 0. The summed E-state index contributed by atoms with van der Waals surface area (Å²) < 4.78 is 28.1. The largest absolute Gasteiger partial charge is 0.387 e. The van der Waals surface area contributed by atoms with Crippen LogP contribution in [0.25, 0.3) is 0 Å². The van der Waals surface area contributed by atoms with Crippen LogP contribution < -0.4 is 0 Å². The van der Waals surface area contributed by atoms with Crippen molar-refractivity contribution in [2.45, 2.75) is 121 Å². The molecular formula is C22H40NO3S+. The average molecular weight is 399 g/mol. The quantitative estimate of drug-likeness (QED) is 0.716. The van der Waals surface area contributed by atoms with Crippen molar-refractivity contribution < 1.29 is 17.4 Å². The molecule has 0 radical (unpaired) electrons. The Labute approximate surface area is 166 Å². The molecule has 0 amide bonds. The van der Waals surface area contributed by atoms with Crippen molar-refractivity contribution in [3.63, 3.8) is 0 Å². The van der Waals surface area contributed by atoms with Gasteiger partial charge in [-0.15, -0.1) is 0 Å². The molecule has 0 saturated heterocycles. The maximum absolute atomic E-state index is 13.9. The fourth-order valence-corrected chi connectivity index (χ4v) is 11.0. The molecule has 0 aromatic carbocycles. The van der Waals surface area contributed by atoms with Gasteiger partial charge in [0.25, 0.3) is 10.0 Å². The smallest absolute Gasteiger partial charge is 0.295 e. The Morgan fingerprint density at radius 3 is 1.67 bits per heavy atom. The van der Waals surface area contributed by atoms with E-state index in [1.54, 1.807) is 0 Å². The monoisotopic (exact) mass is 398 g/mol. The van der Waals surface area contributed by atoms with Gasteiger partial charge in [-0.25, -0.2) is 3.89 Å². The van der Waals surface area contributed by atoms with Gasteiger partial charge in [0.2, 0.25) is 0 Å². The second-order valence-corrected chi connectivity index (χ2v) is 12.7. The maximum atomic E-state index is 13.9. The normalized spacial score (nSPS) is 38.4. The van der Waals surface area contributed by atoms with E-state index in [-0.39, 0.29) is 21.4 Å². The van der Waals surface area contributed by atoms with Crippen LogP contribution in [0.2, 0.25) is 0 Å². The first kappa shape index (κ1) is 20.2. The van der Waals surface area contributed by atoms with Crippen molar-refractivity contribution in [2.24, 2.45) is 11.3 Å². The SMILES string of the molecule is CC1(C)C2CCC1([N+](C1CCCCC1)(C1CCCCC1)S(C)(=O)=O)C(O)C2. The molecule has 4 aliphatic rings. The van der Waals surface area contributed by atoms with Crippen molar-refractivity contribution >= 4 is 10.0 Å². The minimum Gasteiger partial charge on any atom is -0.387 e. The molecule has 4 fully saturated rings. The van der Waals surface area contributed by atoms with Gasteiger partial charge >= 0.3 is 0 Å². The summed E-state index contributed by atoms with van der Waals surface area (Å²) in [5.74, 6) is 0.457. The Bertz CT molecular complexity index is 643. The van der Waals surface area contributed by atoms with Crippen LogP contribution in [0, 0.1) is 11.3 Å². The van der Waals surface area contributed by atoms with Crippen LogP contribution >= 0.6 is 0 Å². The number of aliphatic hydroxyl groups is 1. The summed E-state index contributed by atoms with van der Waals surface area (Å²) in [7, 11) is -3.38. The van der Waals surface area contributed by atoms with Gasteiger partial charge in [0.15, 0.2) is 0 Å². The molecule has 4 aliphatic carbocycles. The number of fused-ring (bicyclic) bond motifs is 2. The van der Waals surface area contributed by atoms with E-state index in [4.69, 9.17) is 0 Å². The predicted molar refractivity (Wildman–Crippen MR) is 109 cm³/mol. The molecule has 0 spiro atoms. The minimum atomic E-state index is -3.38. The van der Waals surface area contributed by atoms with Crippen molar-refractivity contribution in [1.82, 2.24) is 0 Å². The molecule has 0 aliphatic heterocycles. The molecular weight excluding hydrogens is 358 g/mol. The number of rotatable bonds is 4. The summed E-state index contributed by atoms with van der Waals surface area (Å²) in [4.78, 5) is 0. The van der Waals surface area contributed by atoms with Gasteiger partial charge in [0.1, 0.15) is 23.7 Å². The Morgan fingerprint density at radius 2 is 1.33 bits per heavy atom. The average Bonchev–Trinajstić information content (AvgIpc) is 2.99. The van der Waals surface area contributed by atoms with E-state index in [1.165, 1.54) is 19.1 Å². The Hall–Kier alpha value is -0.130. The second-order valence-electron chi connectivity index (χ2n) is 10.7. The highest BCUT2D eigenvalue weighted by molar-refractivity contribution is 7.85. The molecule has 2 bridgehead atoms. The highest BCUT2D eigenvalue weighted by Crippen LogP contribution is 2.68. The number of hydrogen-bond donors (Lipinski definition) is 1. The molecule has 0 aromatic rings. The van der Waals surface area contributed by atoms with Gasteiger partial charge in [-0.2, -0.15) is 8.42 Å². The molecule has 156 valence electrons. The Kier molecular flexibility index (Phi) is 5.00. The fraction of sp³-hybridized carbons (Fsp3) is 1.00. The number of sulfonamides is 1. The van der Waals surface area contributed by atoms with Gasteiger partial charge in [-0.3, -0.25) is 0 Å². The van der Waals surface area contributed by atoms with E-state index in [0.717, 1.165) is 70.6 Å². The second kappa shape index (κ2) is 6.70. The summed E-state index contributed by atoms with van der Waals surface area (Å²) in [6.45, 7) is 4.56. The van der Waals surface area contributed by atoms with E-state index >= 15 is 0 Å². The minimum absolute atomic E-state index is 0.121. The highest BCUT2D eigenvalue weighted by atomic mass is 32.2. The van der Waals surface area contributed by atoms with Crippen molar-refractivity contribution in [3.05, 3.63) is 0 Å². The number of nitrogens with zero attached hydrogens (tertiary/aromatic N) is 1. The van der Waals surface area contributed by atoms with Gasteiger partial charge < -0.3 is 5.11 Å². The first-order chi connectivity index (χ1) is 12.7. The van der Waals surface area contributed by atoms with Crippen molar-refractivity contribution in [1.29, 1.82) is 0 Å². The molecule has 4 nitrogen and oxygen atoms in total. The van der Waals surface area contributed by atoms with Gasteiger partial charge in [0, 0.05) is 37.5 Å². The molecule has 5 heteroatoms. The highest BCUT2D eigenvalue weighted by Gasteiger charge is 2.79. The van der Waals surface area contributed by atoms with Crippen LogP contribution in [-0.4, -0.2) is 47.4 Å². The lowest BCUT2D eigenvalue weighted by molar-refractivity contribution is -0.923. The van der Waals surface area contributed by atoms with Crippen LogP contribution in [-0.2, 0) is 10.0 Å². The number of aliphatic hydroxyl groups excluding tert-OH is 1. The van der Waals surface area contributed by atoms with E-state index in [2.05, 4.69) is 13.8 Å². The van der Waals surface area contributed by atoms with Crippen molar-refractivity contribution in [2.75, 3.05) is 6.26 Å². The van der Waals surface area contributed by atoms with Crippen LogP contribution in [0.15, 0.2) is 0 Å². The standard InChI is InChI=1S/C22H40NO3S/c1-21(2)17-14-15-22(21,20(24)16-17)23(27(3,25)26,18-10-6-4-7-11-18)19-12-8-5-9-13-19/h17-20,24H,4-16H2,1-3H3/q+1. The predicted octanol–water partition coefficient (Wildman–Crippen LogP) is 4.37. The topological polar surface area (TPSA) is 54.4 Å². The van der Waals surface area contributed by atoms with Gasteiger partial charge in [-0.1, -0.05) is 26.7 Å². The molecule has 1 N–H and O–H groups in total.